The molecule has 2 aromatic rings. The molecule has 160 valence electrons. The van der Waals surface area contributed by atoms with Gasteiger partial charge in [-0.2, -0.15) is 0 Å². The van der Waals surface area contributed by atoms with E-state index in [0.29, 0.717) is 12.5 Å². The SMILES string of the molecule is CN=C(NCC(=O)NCc1ccc(OC)cc1)N1CCC(c2ccc(OC)cc2)C1. The zero-order valence-corrected chi connectivity index (χ0v) is 17.9. The molecule has 7 heteroatoms. The van der Waals surface area contributed by atoms with Crippen molar-refractivity contribution in [2.24, 2.45) is 4.99 Å². The first-order valence-electron chi connectivity index (χ1n) is 10.1. The molecule has 2 N–H and O–H groups in total. The van der Waals surface area contributed by atoms with Gasteiger partial charge in [0.05, 0.1) is 20.8 Å². The standard InChI is InChI=1S/C23H30N4O3/c1-24-23(26-15-22(28)25-14-17-4-8-20(29-2)9-5-17)27-13-12-19(16-27)18-6-10-21(30-3)11-7-18/h4-11,19H,12-16H2,1-3H3,(H,24,26)(H,25,28). The Hall–Kier alpha value is -3.22. The van der Waals surface area contributed by atoms with Crippen molar-refractivity contribution in [1.82, 2.24) is 15.5 Å². The third kappa shape index (κ3) is 5.65. The zero-order valence-electron chi connectivity index (χ0n) is 17.9. The molecule has 1 saturated heterocycles. The van der Waals surface area contributed by atoms with Crippen molar-refractivity contribution in [2.45, 2.75) is 18.9 Å². The van der Waals surface area contributed by atoms with Crippen molar-refractivity contribution in [2.75, 3.05) is 40.9 Å². The number of aliphatic imine (C=N–C) groups is 1. The summed E-state index contributed by atoms with van der Waals surface area (Å²) in [7, 11) is 5.06. The highest BCUT2D eigenvalue weighted by Gasteiger charge is 2.26. The maximum atomic E-state index is 12.2. The lowest BCUT2D eigenvalue weighted by Crippen LogP contribution is -2.44. The summed E-state index contributed by atoms with van der Waals surface area (Å²) in [6.07, 6.45) is 1.05. The summed E-state index contributed by atoms with van der Waals surface area (Å²) in [5, 5.41) is 6.10. The van der Waals surface area contributed by atoms with Crippen LogP contribution in [0.15, 0.2) is 53.5 Å². The molecule has 0 bridgehead atoms. The number of guanidine groups is 1. The van der Waals surface area contributed by atoms with Crippen molar-refractivity contribution in [3.05, 3.63) is 59.7 Å². The number of carbonyl (C=O) groups excluding carboxylic acids is 1. The van der Waals surface area contributed by atoms with Crippen LogP contribution < -0.4 is 20.1 Å². The first-order chi connectivity index (χ1) is 14.6. The van der Waals surface area contributed by atoms with Crippen LogP contribution in [-0.4, -0.2) is 57.7 Å². The van der Waals surface area contributed by atoms with Gasteiger partial charge in [0.15, 0.2) is 5.96 Å². The number of amides is 1. The molecular formula is C23H30N4O3. The monoisotopic (exact) mass is 410 g/mol. The Bertz CT molecular complexity index is 850. The van der Waals surface area contributed by atoms with E-state index in [-0.39, 0.29) is 12.5 Å². The first kappa shape index (κ1) is 21.5. The van der Waals surface area contributed by atoms with Crippen LogP contribution in [0.1, 0.15) is 23.5 Å². The van der Waals surface area contributed by atoms with E-state index in [1.54, 1.807) is 21.3 Å². The van der Waals surface area contributed by atoms with Crippen molar-refractivity contribution in [3.63, 3.8) is 0 Å². The predicted molar refractivity (Wildman–Crippen MR) is 118 cm³/mol. The summed E-state index contributed by atoms with van der Waals surface area (Å²) in [6, 6.07) is 15.9. The topological polar surface area (TPSA) is 75.2 Å². The second kappa shape index (κ2) is 10.5. The fourth-order valence-corrected chi connectivity index (χ4v) is 3.60. The van der Waals surface area contributed by atoms with E-state index in [4.69, 9.17) is 9.47 Å². The zero-order chi connectivity index (χ0) is 21.3. The second-order valence-electron chi connectivity index (χ2n) is 7.23. The Labute approximate surface area is 178 Å². The van der Waals surface area contributed by atoms with Crippen LogP contribution in [0.25, 0.3) is 0 Å². The van der Waals surface area contributed by atoms with Gasteiger partial charge in [-0.3, -0.25) is 9.79 Å². The van der Waals surface area contributed by atoms with Crippen molar-refractivity contribution < 1.29 is 14.3 Å². The van der Waals surface area contributed by atoms with Gasteiger partial charge in [0.1, 0.15) is 11.5 Å². The number of nitrogens with one attached hydrogen (secondary N) is 2. The quantitative estimate of drug-likeness (QED) is 0.542. The third-order valence-electron chi connectivity index (χ3n) is 5.34. The molecule has 0 radical (unpaired) electrons. The summed E-state index contributed by atoms with van der Waals surface area (Å²) in [6.45, 7) is 2.45. The molecule has 7 nitrogen and oxygen atoms in total. The number of likely N-dealkylation sites (tertiary alicyclic amines) is 1. The average Bonchev–Trinajstić information content (AvgIpc) is 3.28. The van der Waals surface area contributed by atoms with E-state index in [9.17, 15) is 4.79 Å². The minimum atomic E-state index is -0.0714. The molecule has 0 saturated carbocycles. The molecule has 30 heavy (non-hydrogen) atoms. The Morgan fingerprint density at radius 3 is 2.27 bits per heavy atom. The number of methoxy groups -OCH3 is 2. The van der Waals surface area contributed by atoms with Crippen molar-refractivity contribution in [3.8, 4) is 11.5 Å². The van der Waals surface area contributed by atoms with Gasteiger partial charge in [-0.05, 0) is 41.8 Å². The van der Waals surface area contributed by atoms with Crippen LogP contribution >= 0.6 is 0 Å². The molecule has 1 fully saturated rings. The molecule has 2 aromatic carbocycles. The van der Waals surface area contributed by atoms with E-state index in [0.717, 1.165) is 42.5 Å². The Balaban J connectivity index is 1.45. The Morgan fingerprint density at radius 1 is 1.03 bits per heavy atom. The van der Waals surface area contributed by atoms with E-state index in [2.05, 4.69) is 32.7 Å². The van der Waals surface area contributed by atoms with E-state index < -0.39 is 0 Å². The molecule has 1 unspecified atom stereocenters. The Kier molecular flexibility index (Phi) is 7.54. The summed E-state index contributed by atoms with van der Waals surface area (Å²) in [5.41, 5.74) is 2.32. The van der Waals surface area contributed by atoms with E-state index in [1.807, 2.05) is 36.4 Å². The molecule has 1 atom stereocenters. The maximum absolute atomic E-state index is 12.2. The van der Waals surface area contributed by atoms with Crippen LogP contribution in [0, 0.1) is 0 Å². The summed E-state index contributed by atoms with van der Waals surface area (Å²) < 4.78 is 10.4. The molecule has 1 heterocycles. The lowest BCUT2D eigenvalue weighted by molar-refractivity contribution is -0.120. The van der Waals surface area contributed by atoms with Gasteiger partial charge in [0.2, 0.25) is 5.91 Å². The number of ether oxygens (including phenoxy) is 2. The fraction of sp³-hybridized carbons (Fsp3) is 0.391. The molecule has 0 aliphatic carbocycles. The molecule has 0 spiro atoms. The van der Waals surface area contributed by atoms with Gasteiger partial charge < -0.3 is 25.0 Å². The number of carbonyl (C=O) groups is 1. The van der Waals surface area contributed by atoms with E-state index in [1.165, 1.54) is 5.56 Å². The highest BCUT2D eigenvalue weighted by molar-refractivity contribution is 5.86. The second-order valence-corrected chi connectivity index (χ2v) is 7.23. The van der Waals surface area contributed by atoms with Crippen LogP contribution in [0.5, 0.6) is 11.5 Å². The molecule has 1 aliphatic rings. The minimum Gasteiger partial charge on any atom is -0.497 e. The number of hydrogen-bond donors (Lipinski definition) is 2. The normalized spacial score (nSPS) is 16.3. The highest BCUT2D eigenvalue weighted by atomic mass is 16.5. The Morgan fingerprint density at radius 2 is 1.67 bits per heavy atom. The van der Waals surface area contributed by atoms with Gasteiger partial charge in [-0.15, -0.1) is 0 Å². The smallest absolute Gasteiger partial charge is 0.239 e. The van der Waals surface area contributed by atoms with E-state index >= 15 is 0 Å². The maximum Gasteiger partial charge on any atom is 0.239 e. The molecule has 3 rings (SSSR count). The van der Waals surface area contributed by atoms with Crippen molar-refractivity contribution >= 4 is 11.9 Å². The summed E-state index contributed by atoms with van der Waals surface area (Å²) >= 11 is 0. The average molecular weight is 411 g/mol. The van der Waals surface area contributed by atoms with Gasteiger partial charge in [-0.25, -0.2) is 0 Å². The summed E-state index contributed by atoms with van der Waals surface area (Å²) in [4.78, 5) is 18.8. The fourth-order valence-electron chi connectivity index (χ4n) is 3.60. The predicted octanol–water partition coefficient (Wildman–Crippen LogP) is 2.38. The van der Waals surface area contributed by atoms with Gasteiger partial charge in [-0.1, -0.05) is 24.3 Å². The number of hydrogen-bond acceptors (Lipinski definition) is 4. The number of nitrogens with zero attached hydrogens (tertiary/aromatic N) is 2. The summed E-state index contributed by atoms with van der Waals surface area (Å²) in [5.74, 6) is 2.79. The molecule has 1 aliphatic heterocycles. The van der Waals surface area contributed by atoms with Gasteiger partial charge >= 0.3 is 0 Å². The minimum absolute atomic E-state index is 0.0714. The lowest BCUT2D eigenvalue weighted by Gasteiger charge is -2.21. The molecular weight excluding hydrogens is 380 g/mol. The largest absolute Gasteiger partial charge is 0.497 e. The number of benzene rings is 2. The van der Waals surface area contributed by atoms with Gasteiger partial charge in [0.25, 0.3) is 0 Å². The van der Waals surface area contributed by atoms with Crippen LogP contribution in [-0.2, 0) is 11.3 Å². The van der Waals surface area contributed by atoms with Crippen LogP contribution in [0.2, 0.25) is 0 Å². The van der Waals surface area contributed by atoms with Gasteiger partial charge in [0, 0.05) is 32.6 Å². The number of rotatable bonds is 7. The first-order valence-corrected chi connectivity index (χ1v) is 10.1. The third-order valence-corrected chi connectivity index (χ3v) is 5.34. The molecule has 0 aromatic heterocycles. The van der Waals surface area contributed by atoms with Crippen LogP contribution in [0.4, 0.5) is 0 Å². The highest BCUT2D eigenvalue weighted by Crippen LogP contribution is 2.28. The molecule has 1 amide bonds. The lowest BCUT2D eigenvalue weighted by atomic mass is 9.98. The van der Waals surface area contributed by atoms with Crippen LogP contribution in [0.3, 0.4) is 0 Å². The van der Waals surface area contributed by atoms with Crippen molar-refractivity contribution in [1.29, 1.82) is 0 Å².